The number of aromatic nitrogens is 1. The summed E-state index contributed by atoms with van der Waals surface area (Å²) < 4.78 is 12.0. The molecule has 0 amide bonds. The predicted octanol–water partition coefficient (Wildman–Crippen LogP) is 1.61. The number of hydrogen-bond acceptors (Lipinski definition) is 4. The van der Waals surface area contributed by atoms with Crippen molar-refractivity contribution in [3.8, 4) is 0 Å². The zero-order valence-electron chi connectivity index (χ0n) is 8.50. The Labute approximate surface area is 100 Å². The molecule has 1 aromatic heterocycles. The molecule has 1 aromatic rings. The number of nitrogens with two attached hydrogens (primary N) is 1. The second-order valence-electron chi connectivity index (χ2n) is 2.94. The Balaban J connectivity index is 2.54. The van der Waals surface area contributed by atoms with Crippen molar-refractivity contribution in [1.29, 1.82) is 0 Å². The molecule has 0 aliphatic heterocycles. The largest absolute Gasteiger partial charge is 0.396 e. The molecule has 3 N–H and O–H groups in total. The van der Waals surface area contributed by atoms with Crippen molar-refractivity contribution in [3.05, 3.63) is 16.9 Å². The molecule has 15 heavy (non-hydrogen) atoms. The van der Waals surface area contributed by atoms with Crippen molar-refractivity contribution < 1.29 is 4.21 Å². The van der Waals surface area contributed by atoms with E-state index < -0.39 is 10.8 Å². The number of anilines is 2. The van der Waals surface area contributed by atoms with Crippen LogP contribution in [0.3, 0.4) is 0 Å². The first-order valence-electron chi connectivity index (χ1n) is 4.63. The Hall–Kier alpha value is -0.620. The van der Waals surface area contributed by atoms with E-state index >= 15 is 0 Å². The summed E-state index contributed by atoms with van der Waals surface area (Å²) in [7, 11) is -0.748. The minimum Gasteiger partial charge on any atom is -0.396 e. The number of nitrogens with one attached hydrogen (secondary N) is 1. The average molecular weight is 292 g/mol. The van der Waals surface area contributed by atoms with E-state index in [4.69, 9.17) is 5.73 Å². The molecule has 0 spiro atoms. The van der Waals surface area contributed by atoms with Gasteiger partial charge >= 0.3 is 0 Å². The third-order valence-electron chi connectivity index (χ3n) is 1.88. The van der Waals surface area contributed by atoms with Crippen LogP contribution in [-0.2, 0) is 10.8 Å². The topological polar surface area (TPSA) is 68.0 Å². The van der Waals surface area contributed by atoms with Crippen molar-refractivity contribution in [2.45, 2.75) is 6.92 Å². The first-order chi connectivity index (χ1) is 7.15. The number of rotatable bonds is 5. The molecule has 0 saturated carbocycles. The second kappa shape index (κ2) is 6.07. The highest BCUT2D eigenvalue weighted by molar-refractivity contribution is 9.10. The van der Waals surface area contributed by atoms with Crippen molar-refractivity contribution in [2.75, 3.05) is 29.1 Å². The molecular formula is C9H14BrN3OS. The Morgan fingerprint density at radius 3 is 2.93 bits per heavy atom. The molecule has 0 aliphatic rings. The van der Waals surface area contributed by atoms with E-state index in [0.717, 1.165) is 10.2 Å². The van der Waals surface area contributed by atoms with Crippen molar-refractivity contribution in [3.63, 3.8) is 0 Å². The SMILES string of the molecule is CCS(=O)CCNc1c(N)cncc1Br. The molecule has 4 nitrogen and oxygen atoms in total. The second-order valence-corrected chi connectivity index (χ2v) is 5.66. The first-order valence-corrected chi connectivity index (χ1v) is 6.91. The molecule has 0 fully saturated rings. The molecule has 0 saturated heterocycles. The van der Waals surface area contributed by atoms with Crippen LogP contribution < -0.4 is 11.1 Å². The van der Waals surface area contributed by atoms with Gasteiger partial charge < -0.3 is 11.1 Å². The molecule has 0 aliphatic carbocycles. The van der Waals surface area contributed by atoms with Gasteiger partial charge in [-0.25, -0.2) is 0 Å². The molecule has 84 valence electrons. The van der Waals surface area contributed by atoms with Gasteiger partial charge in [0, 0.05) is 35.0 Å². The number of pyridine rings is 1. The maximum Gasteiger partial charge on any atom is 0.0750 e. The van der Waals surface area contributed by atoms with E-state index in [1.165, 1.54) is 0 Å². The lowest BCUT2D eigenvalue weighted by Gasteiger charge is -2.10. The zero-order valence-corrected chi connectivity index (χ0v) is 10.9. The van der Waals surface area contributed by atoms with E-state index in [0.29, 0.717) is 23.7 Å². The summed E-state index contributed by atoms with van der Waals surface area (Å²) in [6.07, 6.45) is 3.26. The molecule has 0 bridgehead atoms. The lowest BCUT2D eigenvalue weighted by Crippen LogP contribution is -2.13. The highest BCUT2D eigenvalue weighted by atomic mass is 79.9. The van der Waals surface area contributed by atoms with E-state index in [9.17, 15) is 4.21 Å². The molecule has 1 heterocycles. The number of nitrogen functional groups attached to an aromatic ring is 1. The molecule has 0 aromatic carbocycles. The van der Waals surface area contributed by atoms with Gasteiger partial charge in [-0.15, -0.1) is 0 Å². The van der Waals surface area contributed by atoms with Crippen LogP contribution in [0.1, 0.15) is 6.92 Å². The van der Waals surface area contributed by atoms with E-state index in [1.54, 1.807) is 12.4 Å². The van der Waals surface area contributed by atoms with E-state index in [2.05, 4.69) is 26.2 Å². The fraction of sp³-hybridized carbons (Fsp3) is 0.444. The molecule has 1 atom stereocenters. The number of hydrogen-bond donors (Lipinski definition) is 2. The van der Waals surface area contributed by atoms with Gasteiger partial charge in [-0.1, -0.05) is 6.92 Å². The molecule has 1 unspecified atom stereocenters. The minimum atomic E-state index is -0.748. The van der Waals surface area contributed by atoms with Gasteiger partial charge in [0.05, 0.1) is 22.0 Å². The quantitative estimate of drug-likeness (QED) is 0.865. The Morgan fingerprint density at radius 1 is 1.60 bits per heavy atom. The molecule has 0 radical (unpaired) electrons. The highest BCUT2D eigenvalue weighted by Crippen LogP contribution is 2.26. The van der Waals surface area contributed by atoms with Crippen LogP contribution in [-0.4, -0.2) is 27.2 Å². The summed E-state index contributed by atoms with van der Waals surface area (Å²) in [5.41, 5.74) is 7.15. The fourth-order valence-corrected chi connectivity index (χ4v) is 2.18. The Bertz CT molecular complexity index is 339. The van der Waals surface area contributed by atoms with E-state index in [-0.39, 0.29) is 0 Å². The molecular weight excluding hydrogens is 278 g/mol. The molecule has 6 heteroatoms. The lowest BCUT2D eigenvalue weighted by molar-refractivity contribution is 0.684. The van der Waals surface area contributed by atoms with Crippen LogP contribution in [0.25, 0.3) is 0 Å². The van der Waals surface area contributed by atoms with Crippen LogP contribution in [0, 0.1) is 0 Å². The fourth-order valence-electron chi connectivity index (χ4n) is 1.07. The van der Waals surface area contributed by atoms with E-state index in [1.807, 2.05) is 6.92 Å². The van der Waals surface area contributed by atoms with Crippen LogP contribution >= 0.6 is 15.9 Å². The molecule has 1 rings (SSSR count). The van der Waals surface area contributed by atoms with Gasteiger partial charge in [-0.3, -0.25) is 9.19 Å². The standard InChI is InChI=1S/C9H14BrN3OS/c1-2-15(14)4-3-13-9-7(10)5-12-6-8(9)11/h5-6H,2-4,11H2,1H3,(H,12,13). The van der Waals surface area contributed by atoms with Gasteiger partial charge in [-0.05, 0) is 15.9 Å². The number of nitrogens with zero attached hydrogens (tertiary/aromatic N) is 1. The van der Waals surface area contributed by atoms with Crippen molar-refractivity contribution in [1.82, 2.24) is 4.98 Å². The van der Waals surface area contributed by atoms with Gasteiger partial charge in [0.1, 0.15) is 0 Å². The normalized spacial score (nSPS) is 12.4. The van der Waals surface area contributed by atoms with Crippen LogP contribution in [0.4, 0.5) is 11.4 Å². The van der Waals surface area contributed by atoms with Gasteiger partial charge in [0.25, 0.3) is 0 Å². The van der Waals surface area contributed by atoms with Gasteiger partial charge in [0.15, 0.2) is 0 Å². The average Bonchev–Trinajstić information content (AvgIpc) is 2.22. The summed E-state index contributed by atoms with van der Waals surface area (Å²) in [6.45, 7) is 2.56. The Kier molecular flexibility index (Phi) is 5.04. The summed E-state index contributed by atoms with van der Waals surface area (Å²) in [5.74, 6) is 1.32. The number of halogens is 1. The van der Waals surface area contributed by atoms with Crippen molar-refractivity contribution >= 4 is 38.1 Å². The summed E-state index contributed by atoms with van der Waals surface area (Å²) in [5, 5.41) is 3.14. The highest BCUT2D eigenvalue weighted by Gasteiger charge is 2.04. The van der Waals surface area contributed by atoms with Crippen LogP contribution in [0.15, 0.2) is 16.9 Å². The third-order valence-corrected chi connectivity index (χ3v) is 3.79. The first kappa shape index (κ1) is 12.4. The lowest BCUT2D eigenvalue weighted by atomic mass is 10.3. The minimum absolute atomic E-state index is 0.589. The van der Waals surface area contributed by atoms with Gasteiger partial charge in [-0.2, -0.15) is 0 Å². The maximum atomic E-state index is 11.2. The monoisotopic (exact) mass is 291 g/mol. The predicted molar refractivity (Wildman–Crippen MR) is 68.4 cm³/mol. The van der Waals surface area contributed by atoms with Crippen LogP contribution in [0.2, 0.25) is 0 Å². The van der Waals surface area contributed by atoms with Crippen molar-refractivity contribution in [2.24, 2.45) is 0 Å². The maximum absolute atomic E-state index is 11.2. The summed E-state index contributed by atoms with van der Waals surface area (Å²) in [4.78, 5) is 3.93. The smallest absolute Gasteiger partial charge is 0.0750 e. The summed E-state index contributed by atoms with van der Waals surface area (Å²) in [6, 6.07) is 0. The summed E-state index contributed by atoms with van der Waals surface area (Å²) >= 11 is 3.35. The third kappa shape index (κ3) is 3.79. The zero-order chi connectivity index (χ0) is 11.3. The Morgan fingerprint density at radius 2 is 2.33 bits per heavy atom. The van der Waals surface area contributed by atoms with Gasteiger partial charge in [0.2, 0.25) is 0 Å². The van der Waals surface area contributed by atoms with Crippen LogP contribution in [0.5, 0.6) is 0 Å².